The van der Waals surface area contributed by atoms with E-state index in [4.69, 9.17) is 0 Å². The van der Waals surface area contributed by atoms with Crippen molar-refractivity contribution in [3.8, 4) is 0 Å². The van der Waals surface area contributed by atoms with Crippen molar-refractivity contribution < 1.29 is 0 Å². The molecule has 15 heavy (non-hydrogen) atoms. The monoisotopic (exact) mass is 238 g/mol. The highest BCUT2D eigenvalue weighted by atomic mass is 32.1. The topological polar surface area (TPSA) is 0 Å². The van der Waals surface area contributed by atoms with Crippen LogP contribution in [-0.4, -0.2) is 0 Å². The van der Waals surface area contributed by atoms with Gasteiger partial charge in [-0.25, -0.2) is 0 Å². The molecule has 0 N–H and O–H groups in total. The largest absolute Gasteiger partial charge is 0.152 e. The first-order valence-corrected chi connectivity index (χ1v) is 7.33. The average molecular weight is 238 g/mol. The fourth-order valence-corrected chi connectivity index (χ4v) is 2.24. The maximum absolute atomic E-state index is 2.04. The molecule has 1 saturated carbocycles. The second-order valence-corrected chi connectivity index (χ2v) is 4.99. The number of hydrogen-bond donors (Lipinski definition) is 0. The van der Waals surface area contributed by atoms with E-state index in [9.17, 15) is 0 Å². The first-order valence-electron chi connectivity index (χ1n) is 5.44. The van der Waals surface area contributed by atoms with E-state index in [1.807, 2.05) is 45.8 Å². The molecule has 0 unspecified atom stereocenters. The molecule has 0 bridgehead atoms. The summed E-state index contributed by atoms with van der Waals surface area (Å²) in [6.07, 6.45) is 7.50. The van der Waals surface area contributed by atoms with Crippen molar-refractivity contribution in [3.63, 3.8) is 0 Å². The van der Waals surface area contributed by atoms with Gasteiger partial charge in [0.25, 0.3) is 0 Å². The maximum atomic E-state index is 2.04. The molecule has 0 nitrogen and oxygen atoms in total. The van der Waals surface area contributed by atoms with Crippen LogP contribution in [0.5, 0.6) is 0 Å². The highest BCUT2D eigenvalue weighted by molar-refractivity contribution is 7.08. The zero-order chi connectivity index (χ0) is 10.6. The van der Waals surface area contributed by atoms with Crippen LogP contribution in [0.2, 0.25) is 0 Å². The van der Waals surface area contributed by atoms with Crippen molar-refractivity contribution in [2.75, 3.05) is 0 Å². The fraction of sp³-hybridized carbons (Fsp3) is 0.385. The van der Waals surface area contributed by atoms with Gasteiger partial charge in [0.15, 0.2) is 0 Å². The van der Waals surface area contributed by atoms with Gasteiger partial charge in [0, 0.05) is 0 Å². The quantitative estimate of drug-likeness (QED) is 0.573. The predicted octanol–water partition coefficient (Wildman–Crippen LogP) is 5.45. The van der Waals surface area contributed by atoms with Crippen molar-refractivity contribution >= 4 is 22.7 Å². The Bertz CT molecular complexity index is 199. The van der Waals surface area contributed by atoms with E-state index >= 15 is 0 Å². The smallest absolute Gasteiger partial charge is 0.00934 e. The molecule has 0 aromatic carbocycles. The Kier molecular flexibility index (Phi) is 8.26. The summed E-state index contributed by atoms with van der Waals surface area (Å²) in [5.74, 6) is 0. The molecule has 2 heterocycles. The number of thiophene rings is 2. The summed E-state index contributed by atoms with van der Waals surface area (Å²) < 4.78 is 0. The van der Waals surface area contributed by atoms with Crippen molar-refractivity contribution in [3.05, 3.63) is 45.8 Å². The molecule has 2 aromatic heterocycles. The van der Waals surface area contributed by atoms with Gasteiger partial charge < -0.3 is 0 Å². The Morgan fingerprint density at radius 2 is 0.733 bits per heavy atom. The summed E-state index contributed by atoms with van der Waals surface area (Å²) in [7, 11) is 0. The fourth-order valence-electron chi connectivity index (χ4n) is 1.34. The van der Waals surface area contributed by atoms with Gasteiger partial charge in [0.1, 0.15) is 0 Å². The molecule has 0 saturated heterocycles. The summed E-state index contributed by atoms with van der Waals surface area (Å²) in [4.78, 5) is 0. The molecule has 1 fully saturated rings. The minimum atomic E-state index is 1.50. The zero-order valence-electron chi connectivity index (χ0n) is 8.97. The molecular formula is C13H18S2. The van der Waals surface area contributed by atoms with Crippen LogP contribution in [0, 0.1) is 0 Å². The number of hydrogen-bond acceptors (Lipinski definition) is 2. The second-order valence-electron chi connectivity index (χ2n) is 3.35. The lowest BCUT2D eigenvalue weighted by Crippen LogP contribution is -1.47. The van der Waals surface area contributed by atoms with Crippen LogP contribution < -0.4 is 0 Å². The molecular weight excluding hydrogens is 220 g/mol. The highest BCUT2D eigenvalue weighted by Crippen LogP contribution is 2.15. The van der Waals surface area contributed by atoms with Gasteiger partial charge in [-0.15, -0.1) is 0 Å². The molecule has 1 aliphatic carbocycles. The maximum Gasteiger partial charge on any atom is -0.00934 e. The van der Waals surface area contributed by atoms with Gasteiger partial charge in [-0.05, 0) is 21.5 Å². The van der Waals surface area contributed by atoms with Crippen LogP contribution in [0.3, 0.4) is 0 Å². The lowest BCUT2D eigenvalue weighted by molar-refractivity contribution is 0.886. The first-order chi connectivity index (χ1) is 7.50. The lowest BCUT2D eigenvalue weighted by atomic mass is 10.4. The van der Waals surface area contributed by atoms with Crippen molar-refractivity contribution in [2.45, 2.75) is 32.1 Å². The van der Waals surface area contributed by atoms with E-state index in [1.54, 1.807) is 22.7 Å². The van der Waals surface area contributed by atoms with Crippen LogP contribution in [0.4, 0.5) is 0 Å². The van der Waals surface area contributed by atoms with Crippen molar-refractivity contribution in [1.82, 2.24) is 0 Å². The summed E-state index contributed by atoms with van der Waals surface area (Å²) >= 11 is 3.43. The van der Waals surface area contributed by atoms with E-state index in [2.05, 4.69) is 0 Å². The van der Waals surface area contributed by atoms with Gasteiger partial charge in [0.05, 0.1) is 0 Å². The van der Waals surface area contributed by atoms with E-state index in [-0.39, 0.29) is 0 Å². The minimum Gasteiger partial charge on any atom is -0.152 e. The van der Waals surface area contributed by atoms with E-state index < -0.39 is 0 Å². The summed E-state index contributed by atoms with van der Waals surface area (Å²) in [5, 5.41) is 8.17. The van der Waals surface area contributed by atoms with E-state index in [1.165, 1.54) is 32.1 Å². The molecule has 2 heteroatoms. The second kappa shape index (κ2) is 9.94. The normalized spacial score (nSPS) is 13.3. The Hall–Kier alpha value is -0.600. The van der Waals surface area contributed by atoms with Gasteiger partial charge in [-0.1, -0.05) is 56.4 Å². The summed E-state index contributed by atoms with van der Waals surface area (Å²) in [6.45, 7) is 0. The van der Waals surface area contributed by atoms with Gasteiger partial charge in [0.2, 0.25) is 0 Å². The SMILES string of the molecule is C1CCCC1.c1ccsc1.c1ccsc1. The number of rotatable bonds is 0. The molecule has 82 valence electrons. The third kappa shape index (κ3) is 8.40. The van der Waals surface area contributed by atoms with Crippen LogP contribution in [0.15, 0.2) is 45.8 Å². The minimum absolute atomic E-state index is 1.50. The van der Waals surface area contributed by atoms with Crippen LogP contribution in [-0.2, 0) is 0 Å². The van der Waals surface area contributed by atoms with Gasteiger partial charge >= 0.3 is 0 Å². The van der Waals surface area contributed by atoms with Crippen LogP contribution in [0.25, 0.3) is 0 Å². The summed E-state index contributed by atoms with van der Waals surface area (Å²) in [6, 6.07) is 8.07. The lowest BCUT2D eigenvalue weighted by Gasteiger charge is -1.67. The molecule has 0 spiro atoms. The van der Waals surface area contributed by atoms with Crippen LogP contribution in [0.1, 0.15) is 32.1 Å². The molecule has 0 aliphatic heterocycles. The Labute approximate surface area is 101 Å². The molecule has 0 radical (unpaired) electrons. The van der Waals surface area contributed by atoms with Gasteiger partial charge in [-0.3, -0.25) is 0 Å². The van der Waals surface area contributed by atoms with Gasteiger partial charge in [-0.2, -0.15) is 22.7 Å². The highest BCUT2D eigenvalue weighted by Gasteiger charge is 1.95. The van der Waals surface area contributed by atoms with E-state index in [0.717, 1.165) is 0 Å². The molecule has 0 amide bonds. The van der Waals surface area contributed by atoms with Crippen LogP contribution >= 0.6 is 22.7 Å². The molecule has 0 atom stereocenters. The molecule has 1 aliphatic rings. The average Bonchev–Trinajstić information content (AvgIpc) is 3.09. The first kappa shape index (κ1) is 12.5. The Morgan fingerprint density at radius 1 is 0.467 bits per heavy atom. The third-order valence-corrected chi connectivity index (χ3v) is 3.36. The standard InChI is InChI=1S/C5H10.2C4H4S/c3*1-2-4-5-3-1/h1-5H2;2*1-4H. The molecule has 3 rings (SSSR count). The third-order valence-electron chi connectivity index (χ3n) is 2.10. The predicted molar refractivity (Wildman–Crippen MR) is 71.7 cm³/mol. The van der Waals surface area contributed by atoms with E-state index in [0.29, 0.717) is 0 Å². The molecule has 2 aromatic rings. The van der Waals surface area contributed by atoms with Crippen molar-refractivity contribution in [1.29, 1.82) is 0 Å². The summed E-state index contributed by atoms with van der Waals surface area (Å²) in [5.41, 5.74) is 0. The Morgan fingerprint density at radius 3 is 0.867 bits per heavy atom. The zero-order valence-corrected chi connectivity index (χ0v) is 10.6. The van der Waals surface area contributed by atoms with Crippen molar-refractivity contribution in [2.24, 2.45) is 0 Å². The Balaban J connectivity index is 0.000000112.